The normalized spacial score (nSPS) is 19.4. The molecule has 5 rings (SSSR count). The molecule has 3 aromatic rings. The molecule has 2 fully saturated rings. The van der Waals surface area contributed by atoms with Crippen molar-refractivity contribution in [3.05, 3.63) is 47.5 Å². The van der Waals surface area contributed by atoms with E-state index in [-0.39, 0.29) is 17.9 Å². The molecule has 4 heterocycles. The second-order valence-corrected chi connectivity index (χ2v) is 8.64. The molecule has 0 aliphatic carbocycles. The Morgan fingerprint density at radius 3 is 2.60 bits per heavy atom. The highest BCUT2D eigenvalue weighted by Crippen LogP contribution is 2.24. The highest BCUT2D eigenvalue weighted by molar-refractivity contribution is 7.17. The van der Waals surface area contributed by atoms with Crippen molar-refractivity contribution in [2.45, 2.75) is 18.9 Å². The van der Waals surface area contributed by atoms with E-state index >= 15 is 0 Å². The van der Waals surface area contributed by atoms with Crippen molar-refractivity contribution in [1.29, 1.82) is 0 Å². The van der Waals surface area contributed by atoms with Crippen LogP contribution in [0, 0.1) is 0 Å². The molecule has 2 aliphatic heterocycles. The molecule has 1 aromatic carbocycles. The number of aromatic amines is 1. The van der Waals surface area contributed by atoms with Crippen LogP contribution in [0.25, 0.3) is 10.2 Å². The number of hydrogen-bond acceptors (Lipinski definition) is 5. The van der Waals surface area contributed by atoms with E-state index in [2.05, 4.69) is 15.2 Å². The number of amides is 2. The van der Waals surface area contributed by atoms with E-state index in [4.69, 9.17) is 4.74 Å². The van der Waals surface area contributed by atoms with Gasteiger partial charge in [0.2, 0.25) is 0 Å². The number of piperazine rings is 1. The van der Waals surface area contributed by atoms with Crippen LogP contribution >= 0.6 is 11.3 Å². The lowest BCUT2D eigenvalue weighted by atomic mass is 10.2. The van der Waals surface area contributed by atoms with Gasteiger partial charge in [-0.05, 0) is 54.6 Å². The number of aromatic nitrogens is 1. The first kappa shape index (κ1) is 19.1. The summed E-state index contributed by atoms with van der Waals surface area (Å²) in [6.45, 7) is 3.70. The summed E-state index contributed by atoms with van der Waals surface area (Å²) in [6, 6.07) is 11.7. The number of thiophene rings is 1. The van der Waals surface area contributed by atoms with E-state index in [0.29, 0.717) is 25.4 Å². The van der Waals surface area contributed by atoms with Gasteiger partial charge in [0.05, 0.1) is 10.2 Å². The molecule has 2 saturated heterocycles. The number of rotatable bonds is 4. The smallest absolute Gasteiger partial charge is 0.272 e. The highest BCUT2D eigenvalue weighted by atomic mass is 32.1. The average Bonchev–Trinajstić information content (AvgIpc) is 3.51. The number of anilines is 2. The Morgan fingerprint density at radius 1 is 1.10 bits per heavy atom. The van der Waals surface area contributed by atoms with Gasteiger partial charge in [0.25, 0.3) is 11.8 Å². The Hall–Kier alpha value is -2.84. The third kappa shape index (κ3) is 3.80. The van der Waals surface area contributed by atoms with E-state index in [0.717, 1.165) is 47.5 Å². The first-order chi connectivity index (χ1) is 14.7. The Labute approximate surface area is 178 Å². The summed E-state index contributed by atoms with van der Waals surface area (Å²) in [5.74, 6) is -0.0122. The van der Waals surface area contributed by atoms with Crippen LogP contribution < -0.4 is 10.2 Å². The van der Waals surface area contributed by atoms with Gasteiger partial charge in [0, 0.05) is 44.2 Å². The monoisotopic (exact) mass is 424 g/mol. The van der Waals surface area contributed by atoms with E-state index < -0.39 is 0 Å². The van der Waals surface area contributed by atoms with Crippen molar-refractivity contribution in [2.24, 2.45) is 0 Å². The molecule has 156 valence electrons. The van der Waals surface area contributed by atoms with E-state index in [1.165, 1.54) is 0 Å². The maximum absolute atomic E-state index is 12.5. The summed E-state index contributed by atoms with van der Waals surface area (Å²) < 4.78 is 6.60. The second-order valence-electron chi connectivity index (χ2n) is 7.70. The molecule has 0 bridgehead atoms. The first-order valence-electron chi connectivity index (χ1n) is 10.3. The zero-order chi connectivity index (χ0) is 20.5. The van der Waals surface area contributed by atoms with E-state index in [1.54, 1.807) is 11.3 Å². The Balaban J connectivity index is 1.17. The zero-order valence-corrected chi connectivity index (χ0v) is 17.4. The molecule has 2 aliphatic rings. The predicted octanol–water partition coefficient (Wildman–Crippen LogP) is 3.31. The van der Waals surface area contributed by atoms with Crippen LogP contribution in [0.15, 0.2) is 41.8 Å². The molecule has 2 N–H and O–H groups in total. The van der Waals surface area contributed by atoms with E-state index in [1.807, 2.05) is 46.7 Å². The molecule has 2 amide bonds. The molecule has 7 nitrogen and oxygen atoms in total. The number of nitrogens with zero attached hydrogens (tertiary/aromatic N) is 2. The van der Waals surface area contributed by atoms with Gasteiger partial charge in [-0.25, -0.2) is 0 Å². The quantitative estimate of drug-likeness (QED) is 0.674. The number of carbonyl (C=O) groups excluding carboxylic acids is 2. The van der Waals surface area contributed by atoms with Gasteiger partial charge < -0.3 is 24.8 Å². The first-order valence-corrected chi connectivity index (χ1v) is 11.2. The van der Waals surface area contributed by atoms with Gasteiger partial charge in [-0.15, -0.1) is 11.3 Å². The van der Waals surface area contributed by atoms with Crippen LogP contribution in [0.3, 0.4) is 0 Å². The van der Waals surface area contributed by atoms with Gasteiger partial charge in [-0.2, -0.15) is 0 Å². The fourth-order valence-electron chi connectivity index (χ4n) is 4.09. The molecular formula is C22H24N4O3S. The van der Waals surface area contributed by atoms with Crippen molar-refractivity contribution in [1.82, 2.24) is 9.88 Å². The number of carbonyl (C=O) groups is 2. The number of fused-ring (bicyclic) bond motifs is 1. The second kappa shape index (κ2) is 8.12. The number of ether oxygens (including phenoxy) is 1. The molecule has 0 saturated carbocycles. The third-order valence-corrected chi connectivity index (χ3v) is 6.64. The van der Waals surface area contributed by atoms with Gasteiger partial charge in [0.15, 0.2) is 0 Å². The third-order valence-electron chi connectivity index (χ3n) is 5.77. The standard InChI is InChI=1S/C22H24N4O3S/c27-21(18-14-20-17(24-18)7-13-30-20)23-15-3-5-16(6-4-15)25-8-10-26(11-9-25)22(28)19-2-1-12-29-19/h3-7,13-14,19,24H,1-2,8-12H2,(H,23,27)/t19-/m0/s1. The minimum absolute atomic E-state index is 0.134. The Bertz CT molecular complexity index is 1020. The van der Waals surface area contributed by atoms with Gasteiger partial charge in [0.1, 0.15) is 11.8 Å². The van der Waals surface area contributed by atoms with Crippen molar-refractivity contribution in [3.63, 3.8) is 0 Å². The van der Waals surface area contributed by atoms with Crippen LogP contribution in [0.1, 0.15) is 23.3 Å². The summed E-state index contributed by atoms with van der Waals surface area (Å²) in [5, 5.41) is 4.94. The lowest BCUT2D eigenvalue weighted by molar-refractivity contribution is -0.141. The van der Waals surface area contributed by atoms with Crippen LogP contribution in [-0.4, -0.2) is 60.6 Å². The number of nitrogens with one attached hydrogen (secondary N) is 2. The minimum atomic E-state index is -0.241. The van der Waals surface area contributed by atoms with Crippen molar-refractivity contribution in [3.8, 4) is 0 Å². The Kier molecular flexibility index (Phi) is 5.18. The molecule has 1 atom stereocenters. The summed E-state index contributed by atoms with van der Waals surface area (Å²) in [7, 11) is 0. The topological polar surface area (TPSA) is 77.7 Å². The van der Waals surface area contributed by atoms with Crippen molar-refractivity contribution in [2.75, 3.05) is 43.0 Å². The summed E-state index contributed by atoms with van der Waals surface area (Å²) in [6.07, 6.45) is 1.57. The van der Waals surface area contributed by atoms with Gasteiger partial charge >= 0.3 is 0 Å². The number of benzene rings is 1. The molecule has 0 unspecified atom stereocenters. The van der Waals surface area contributed by atoms with E-state index in [9.17, 15) is 9.59 Å². The zero-order valence-electron chi connectivity index (χ0n) is 16.6. The number of hydrogen-bond donors (Lipinski definition) is 2. The summed E-state index contributed by atoms with van der Waals surface area (Å²) in [4.78, 5) is 32.3. The lowest BCUT2D eigenvalue weighted by Crippen LogP contribution is -2.51. The summed E-state index contributed by atoms with van der Waals surface area (Å²) >= 11 is 1.61. The molecule has 0 radical (unpaired) electrons. The molecule has 0 spiro atoms. The molecular weight excluding hydrogens is 400 g/mol. The largest absolute Gasteiger partial charge is 0.368 e. The highest BCUT2D eigenvalue weighted by Gasteiger charge is 2.30. The van der Waals surface area contributed by atoms with Gasteiger partial charge in [-0.3, -0.25) is 9.59 Å². The van der Waals surface area contributed by atoms with Crippen molar-refractivity contribution < 1.29 is 14.3 Å². The minimum Gasteiger partial charge on any atom is -0.368 e. The fraction of sp³-hybridized carbons (Fsp3) is 0.364. The molecule has 8 heteroatoms. The van der Waals surface area contributed by atoms with Gasteiger partial charge in [-0.1, -0.05) is 0 Å². The van der Waals surface area contributed by atoms with Crippen LogP contribution in [0.2, 0.25) is 0 Å². The van der Waals surface area contributed by atoms with Crippen LogP contribution in [-0.2, 0) is 9.53 Å². The number of H-pyrrole nitrogens is 1. The molecule has 30 heavy (non-hydrogen) atoms. The summed E-state index contributed by atoms with van der Waals surface area (Å²) in [5.41, 5.74) is 3.40. The maximum Gasteiger partial charge on any atom is 0.272 e. The molecule has 2 aromatic heterocycles. The van der Waals surface area contributed by atoms with Crippen LogP contribution in [0.5, 0.6) is 0 Å². The predicted molar refractivity (Wildman–Crippen MR) is 118 cm³/mol. The average molecular weight is 425 g/mol. The lowest BCUT2D eigenvalue weighted by Gasteiger charge is -2.37. The maximum atomic E-state index is 12.5. The Morgan fingerprint density at radius 2 is 1.90 bits per heavy atom. The van der Waals surface area contributed by atoms with Crippen LogP contribution in [0.4, 0.5) is 11.4 Å². The fourth-order valence-corrected chi connectivity index (χ4v) is 4.87. The SMILES string of the molecule is O=C(Nc1ccc(N2CCN(C(=O)[C@@H]3CCCO3)CC2)cc1)c1cc2sccc2[nH]1. The van der Waals surface area contributed by atoms with Crippen molar-refractivity contribution >= 4 is 44.7 Å².